The molecule has 3 heteroatoms. The van der Waals surface area contributed by atoms with Gasteiger partial charge in [0, 0.05) is 13.1 Å². The van der Waals surface area contributed by atoms with E-state index in [1.165, 1.54) is 44.3 Å². The number of likely N-dealkylation sites (tertiary alicyclic amines) is 1. The second-order valence-electron chi connectivity index (χ2n) is 5.82. The molecular weight excluding hydrogens is 226 g/mol. The van der Waals surface area contributed by atoms with Gasteiger partial charge in [-0.15, -0.1) is 0 Å². The fourth-order valence-electron chi connectivity index (χ4n) is 3.26. The van der Waals surface area contributed by atoms with E-state index in [2.05, 4.69) is 4.90 Å². The van der Waals surface area contributed by atoms with Gasteiger partial charge in [-0.05, 0) is 48.9 Å². The zero-order chi connectivity index (χ0) is 12.6. The van der Waals surface area contributed by atoms with E-state index < -0.39 is 5.97 Å². The average Bonchev–Trinajstić information content (AvgIpc) is 2.74. The summed E-state index contributed by atoms with van der Waals surface area (Å²) in [5.41, 5.74) is 2.23. The van der Waals surface area contributed by atoms with Gasteiger partial charge in [-0.25, -0.2) is 4.79 Å². The van der Waals surface area contributed by atoms with Crippen molar-refractivity contribution in [2.24, 2.45) is 5.41 Å². The molecule has 96 valence electrons. The smallest absolute Gasteiger partial charge is 0.335 e. The van der Waals surface area contributed by atoms with Crippen LogP contribution >= 0.6 is 0 Å². The molecule has 1 aliphatic heterocycles. The number of hydrogen-bond acceptors (Lipinski definition) is 2. The van der Waals surface area contributed by atoms with E-state index in [4.69, 9.17) is 5.11 Å². The molecule has 1 saturated heterocycles. The third-order valence-electron chi connectivity index (χ3n) is 4.54. The van der Waals surface area contributed by atoms with Gasteiger partial charge in [-0.2, -0.15) is 0 Å². The summed E-state index contributed by atoms with van der Waals surface area (Å²) in [6, 6.07) is 7.28. The van der Waals surface area contributed by atoms with Crippen molar-refractivity contribution in [3.8, 4) is 0 Å². The zero-order valence-corrected chi connectivity index (χ0v) is 10.6. The van der Waals surface area contributed by atoms with Crippen LogP contribution in [0.15, 0.2) is 24.3 Å². The Labute approximate surface area is 107 Å². The molecular formula is C15H19NO2. The first kappa shape index (κ1) is 11.7. The van der Waals surface area contributed by atoms with Crippen LogP contribution in [0.25, 0.3) is 0 Å². The Morgan fingerprint density at radius 2 is 1.94 bits per heavy atom. The Balaban J connectivity index is 1.61. The molecule has 1 spiro atoms. The molecule has 2 fully saturated rings. The first-order valence-corrected chi connectivity index (χ1v) is 6.72. The van der Waals surface area contributed by atoms with Crippen molar-refractivity contribution in [2.75, 3.05) is 13.1 Å². The third-order valence-corrected chi connectivity index (χ3v) is 4.54. The minimum absolute atomic E-state index is 0.371. The maximum atomic E-state index is 10.8. The Morgan fingerprint density at radius 1 is 1.22 bits per heavy atom. The summed E-state index contributed by atoms with van der Waals surface area (Å²) in [6.45, 7) is 3.38. The summed E-state index contributed by atoms with van der Waals surface area (Å²) in [7, 11) is 0. The van der Waals surface area contributed by atoms with Crippen molar-refractivity contribution >= 4 is 5.97 Å². The van der Waals surface area contributed by atoms with Crippen molar-refractivity contribution in [2.45, 2.75) is 32.2 Å². The lowest BCUT2D eigenvalue weighted by atomic mass is 9.68. The molecule has 1 aromatic carbocycles. The number of carboxylic acid groups (broad SMARTS) is 1. The van der Waals surface area contributed by atoms with E-state index in [1.54, 1.807) is 12.1 Å². The van der Waals surface area contributed by atoms with Gasteiger partial charge in [0.25, 0.3) is 0 Å². The molecule has 1 aromatic rings. The van der Waals surface area contributed by atoms with Crippen molar-refractivity contribution in [1.29, 1.82) is 0 Å². The number of carboxylic acids is 1. The van der Waals surface area contributed by atoms with Crippen LogP contribution in [0.4, 0.5) is 0 Å². The highest BCUT2D eigenvalue weighted by atomic mass is 16.4. The number of aromatic carboxylic acids is 1. The van der Waals surface area contributed by atoms with Gasteiger partial charge >= 0.3 is 5.97 Å². The van der Waals surface area contributed by atoms with E-state index in [9.17, 15) is 4.79 Å². The minimum Gasteiger partial charge on any atom is -0.478 e. The highest BCUT2D eigenvalue weighted by Gasteiger charge is 2.42. The molecule has 0 unspecified atom stereocenters. The summed E-state index contributed by atoms with van der Waals surface area (Å²) in [5.74, 6) is -0.851. The van der Waals surface area contributed by atoms with Crippen molar-refractivity contribution in [1.82, 2.24) is 4.90 Å². The summed E-state index contributed by atoms with van der Waals surface area (Å²) >= 11 is 0. The molecule has 18 heavy (non-hydrogen) atoms. The molecule has 1 heterocycles. The van der Waals surface area contributed by atoms with Gasteiger partial charge in [-0.3, -0.25) is 4.90 Å². The lowest BCUT2D eigenvalue weighted by molar-refractivity contribution is 0.0697. The lowest BCUT2D eigenvalue weighted by Gasteiger charge is -2.38. The van der Waals surface area contributed by atoms with E-state index in [0.29, 0.717) is 11.0 Å². The Morgan fingerprint density at radius 3 is 2.44 bits per heavy atom. The number of benzene rings is 1. The summed E-state index contributed by atoms with van der Waals surface area (Å²) < 4.78 is 0. The predicted molar refractivity (Wildman–Crippen MR) is 69.6 cm³/mol. The summed E-state index contributed by atoms with van der Waals surface area (Å²) in [5, 5.41) is 8.86. The van der Waals surface area contributed by atoms with Crippen LogP contribution in [0, 0.1) is 5.41 Å². The largest absolute Gasteiger partial charge is 0.478 e. The average molecular weight is 245 g/mol. The number of rotatable bonds is 3. The Kier molecular flexibility index (Phi) is 2.86. The fraction of sp³-hybridized carbons (Fsp3) is 0.533. The standard InChI is InChI=1S/C15H19NO2/c17-14(18)13-4-2-12(3-5-13)10-16-9-8-15(11-16)6-1-7-15/h2-5H,1,6-11H2,(H,17,18). The summed E-state index contributed by atoms with van der Waals surface area (Å²) in [4.78, 5) is 13.3. The molecule has 2 aliphatic rings. The van der Waals surface area contributed by atoms with Crippen molar-refractivity contribution in [3.05, 3.63) is 35.4 Å². The van der Waals surface area contributed by atoms with Crippen LogP contribution in [0.5, 0.6) is 0 Å². The van der Waals surface area contributed by atoms with Crippen LogP contribution < -0.4 is 0 Å². The van der Waals surface area contributed by atoms with Crippen LogP contribution in [0.1, 0.15) is 41.6 Å². The number of hydrogen-bond donors (Lipinski definition) is 1. The molecule has 0 aromatic heterocycles. The molecule has 0 amide bonds. The molecule has 3 nitrogen and oxygen atoms in total. The molecule has 1 saturated carbocycles. The number of carbonyl (C=O) groups is 1. The monoisotopic (exact) mass is 245 g/mol. The molecule has 0 radical (unpaired) electrons. The first-order chi connectivity index (χ1) is 8.67. The van der Waals surface area contributed by atoms with Crippen molar-refractivity contribution in [3.63, 3.8) is 0 Å². The van der Waals surface area contributed by atoms with Gasteiger partial charge in [0.05, 0.1) is 5.56 Å². The predicted octanol–water partition coefficient (Wildman–Crippen LogP) is 2.76. The van der Waals surface area contributed by atoms with Gasteiger partial charge < -0.3 is 5.11 Å². The molecule has 0 bridgehead atoms. The van der Waals surface area contributed by atoms with Gasteiger partial charge in [-0.1, -0.05) is 18.6 Å². The maximum absolute atomic E-state index is 10.8. The highest BCUT2D eigenvalue weighted by molar-refractivity contribution is 5.87. The van der Waals surface area contributed by atoms with E-state index >= 15 is 0 Å². The third kappa shape index (κ3) is 2.15. The second kappa shape index (κ2) is 4.39. The molecule has 1 N–H and O–H groups in total. The fourth-order valence-corrected chi connectivity index (χ4v) is 3.26. The second-order valence-corrected chi connectivity index (χ2v) is 5.82. The minimum atomic E-state index is -0.851. The topological polar surface area (TPSA) is 40.5 Å². The SMILES string of the molecule is O=C(O)c1ccc(CN2CCC3(CCC3)C2)cc1. The summed E-state index contributed by atoms with van der Waals surface area (Å²) in [6.07, 6.45) is 5.56. The quantitative estimate of drug-likeness (QED) is 0.890. The first-order valence-electron chi connectivity index (χ1n) is 6.72. The van der Waals surface area contributed by atoms with Gasteiger partial charge in [0.2, 0.25) is 0 Å². The molecule has 1 aliphatic carbocycles. The van der Waals surface area contributed by atoms with E-state index in [-0.39, 0.29) is 0 Å². The lowest BCUT2D eigenvalue weighted by Crippen LogP contribution is -2.32. The van der Waals surface area contributed by atoms with Gasteiger partial charge in [0.1, 0.15) is 0 Å². The highest BCUT2D eigenvalue weighted by Crippen LogP contribution is 2.48. The van der Waals surface area contributed by atoms with Crippen LogP contribution in [-0.4, -0.2) is 29.1 Å². The van der Waals surface area contributed by atoms with Crippen LogP contribution in [0.3, 0.4) is 0 Å². The van der Waals surface area contributed by atoms with E-state index in [1.807, 2.05) is 12.1 Å². The van der Waals surface area contributed by atoms with Gasteiger partial charge in [0.15, 0.2) is 0 Å². The number of nitrogens with zero attached hydrogens (tertiary/aromatic N) is 1. The molecule has 3 rings (SSSR count). The maximum Gasteiger partial charge on any atom is 0.335 e. The van der Waals surface area contributed by atoms with Crippen LogP contribution in [0.2, 0.25) is 0 Å². The Bertz CT molecular complexity index is 448. The normalized spacial score (nSPS) is 22.0. The van der Waals surface area contributed by atoms with Crippen LogP contribution in [-0.2, 0) is 6.54 Å². The van der Waals surface area contributed by atoms with E-state index in [0.717, 1.165) is 6.54 Å². The zero-order valence-electron chi connectivity index (χ0n) is 10.6. The molecule has 0 atom stereocenters. The Hall–Kier alpha value is -1.35. The van der Waals surface area contributed by atoms with Crippen molar-refractivity contribution < 1.29 is 9.90 Å².